The second-order valence-corrected chi connectivity index (χ2v) is 5.20. The standard InChI is InChI=1S/C13H14ClN3O2/c14-10-4-1-8(12(18)16-9-2-3-9)7-11(10)17-6-5-15-13(17)19/h1,4,7,9H,2-3,5-6H2,(H,15,19)(H,16,18). The summed E-state index contributed by atoms with van der Waals surface area (Å²) in [6, 6.07) is 5.13. The molecule has 0 atom stereocenters. The van der Waals surface area contributed by atoms with E-state index in [1.165, 1.54) is 0 Å². The Hall–Kier alpha value is -1.75. The molecular formula is C13H14ClN3O2. The van der Waals surface area contributed by atoms with Crippen molar-refractivity contribution in [3.8, 4) is 0 Å². The minimum atomic E-state index is -0.179. The summed E-state index contributed by atoms with van der Waals surface area (Å²) in [6.45, 7) is 1.15. The van der Waals surface area contributed by atoms with Crippen LogP contribution in [-0.4, -0.2) is 31.1 Å². The summed E-state index contributed by atoms with van der Waals surface area (Å²) in [7, 11) is 0. The third-order valence-corrected chi connectivity index (χ3v) is 3.59. The molecule has 6 heteroatoms. The first-order chi connectivity index (χ1) is 9.15. The van der Waals surface area contributed by atoms with E-state index in [2.05, 4.69) is 10.6 Å². The Kier molecular flexibility index (Phi) is 3.06. The van der Waals surface area contributed by atoms with Crippen LogP contribution in [0, 0.1) is 0 Å². The van der Waals surface area contributed by atoms with Crippen molar-refractivity contribution in [3.63, 3.8) is 0 Å². The van der Waals surface area contributed by atoms with Crippen molar-refractivity contribution in [2.75, 3.05) is 18.0 Å². The fourth-order valence-electron chi connectivity index (χ4n) is 2.06. The molecule has 1 saturated heterocycles. The minimum absolute atomic E-state index is 0.111. The maximum Gasteiger partial charge on any atom is 0.322 e. The number of nitrogens with zero attached hydrogens (tertiary/aromatic N) is 1. The van der Waals surface area contributed by atoms with Crippen LogP contribution in [0.2, 0.25) is 5.02 Å². The van der Waals surface area contributed by atoms with Gasteiger partial charge in [-0.3, -0.25) is 9.69 Å². The Balaban J connectivity index is 1.86. The molecule has 1 saturated carbocycles. The van der Waals surface area contributed by atoms with Crippen molar-refractivity contribution in [2.45, 2.75) is 18.9 Å². The summed E-state index contributed by atoms with van der Waals surface area (Å²) in [5.41, 5.74) is 1.12. The second kappa shape index (κ2) is 4.74. The molecule has 0 spiro atoms. The van der Waals surface area contributed by atoms with Gasteiger partial charge in [-0.1, -0.05) is 11.6 Å². The quantitative estimate of drug-likeness (QED) is 0.886. The molecule has 1 aromatic rings. The molecule has 0 radical (unpaired) electrons. The molecule has 19 heavy (non-hydrogen) atoms. The Morgan fingerprint density at radius 1 is 1.42 bits per heavy atom. The molecule has 0 bridgehead atoms. The monoisotopic (exact) mass is 279 g/mol. The number of amides is 3. The number of rotatable bonds is 3. The van der Waals surface area contributed by atoms with Crippen LogP contribution < -0.4 is 15.5 Å². The largest absolute Gasteiger partial charge is 0.349 e. The van der Waals surface area contributed by atoms with Gasteiger partial charge in [0.15, 0.2) is 0 Å². The average Bonchev–Trinajstić information content (AvgIpc) is 3.10. The van der Waals surface area contributed by atoms with Crippen LogP contribution in [0.25, 0.3) is 0 Å². The number of urea groups is 1. The van der Waals surface area contributed by atoms with E-state index < -0.39 is 0 Å². The third-order valence-electron chi connectivity index (χ3n) is 3.27. The highest BCUT2D eigenvalue weighted by molar-refractivity contribution is 6.34. The fraction of sp³-hybridized carbons (Fsp3) is 0.385. The number of anilines is 1. The van der Waals surface area contributed by atoms with Crippen LogP contribution in [0.15, 0.2) is 18.2 Å². The Morgan fingerprint density at radius 3 is 2.84 bits per heavy atom. The molecule has 2 aliphatic rings. The highest BCUT2D eigenvalue weighted by atomic mass is 35.5. The third kappa shape index (κ3) is 2.51. The zero-order chi connectivity index (χ0) is 13.4. The van der Waals surface area contributed by atoms with Gasteiger partial charge in [0, 0.05) is 24.7 Å². The summed E-state index contributed by atoms with van der Waals surface area (Å²) >= 11 is 6.11. The number of benzene rings is 1. The molecule has 3 rings (SSSR count). The molecule has 1 aliphatic heterocycles. The molecule has 100 valence electrons. The van der Waals surface area contributed by atoms with E-state index in [0.717, 1.165) is 12.8 Å². The van der Waals surface area contributed by atoms with Crippen LogP contribution in [-0.2, 0) is 0 Å². The first-order valence-corrected chi connectivity index (χ1v) is 6.69. The highest BCUT2D eigenvalue weighted by Crippen LogP contribution is 2.28. The van der Waals surface area contributed by atoms with Crippen molar-refractivity contribution in [1.82, 2.24) is 10.6 Å². The number of halogens is 1. The lowest BCUT2D eigenvalue weighted by Crippen LogP contribution is -2.29. The molecule has 2 N–H and O–H groups in total. The van der Waals surface area contributed by atoms with Crippen LogP contribution in [0.5, 0.6) is 0 Å². The normalized spacial score (nSPS) is 18.4. The molecule has 1 aliphatic carbocycles. The Bertz CT molecular complexity index is 543. The number of hydrogen-bond acceptors (Lipinski definition) is 2. The maximum atomic E-state index is 12.0. The Morgan fingerprint density at radius 2 is 2.21 bits per heavy atom. The van der Waals surface area contributed by atoms with Crippen LogP contribution in [0.1, 0.15) is 23.2 Å². The maximum absolute atomic E-state index is 12.0. The average molecular weight is 280 g/mol. The van der Waals surface area contributed by atoms with Crippen molar-refractivity contribution < 1.29 is 9.59 Å². The van der Waals surface area contributed by atoms with E-state index in [-0.39, 0.29) is 11.9 Å². The van der Waals surface area contributed by atoms with Gasteiger partial charge in [0.25, 0.3) is 5.91 Å². The molecule has 1 aromatic carbocycles. The summed E-state index contributed by atoms with van der Waals surface area (Å²) in [5.74, 6) is -0.111. The predicted molar refractivity (Wildman–Crippen MR) is 72.7 cm³/mol. The van der Waals surface area contributed by atoms with E-state index >= 15 is 0 Å². The van der Waals surface area contributed by atoms with Crippen molar-refractivity contribution in [1.29, 1.82) is 0 Å². The zero-order valence-corrected chi connectivity index (χ0v) is 11.0. The van der Waals surface area contributed by atoms with Crippen LogP contribution in [0.3, 0.4) is 0 Å². The van der Waals surface area contributed by atoms with Gasteiger partial charge in [-0.15, -0.1) is 0 Å². The smallest absolute Gasteiger partial charge is 0.322 e. The van der Waals surface area contributed by atoms with Gasteiger partial charge in [0.2, 0.25) is 0 Å². The van der Waals surface area contributed by atoms with Gasteiger partial charge in [-0.25, -0.2) is 4.79 Å². The van der Waals surface area contributed by atoms with Crippen LogP contribution >= 0.6 is 11.6 Å². The lowest BCUT2D eigenvalue weighted by atomic mass is 10.1. The van der Waals surface area contributed by atoms with Gasteiger partial charge < -0.3 is 10.6 Å². The summed E-state index contributed by atoms with van der Waals surface area (Å²) in [6.07, 6.45) is 2.08. The van der Waals surface area contributed by atoms with E-state index in [9.17, 15) is 9.59 Å². The summed E-state index contributed by atoms with van der Waals surface area (Å²) in [4.78, 5) is 25.2. The first kappa shape index (κ1) is 12.3. The predicted octanol–water partition coefficient (Wildman–Crippen LogP) is 1.76. The minimum Gasteiger partial charge on any atom is -0.349 e. The zero-order valence-electron chi connectivity index (χ0n) is 10.3. The number of carbonyl (C=O) groups is 2. The molecular weight excluding hydrogens is 266 g/mol. The topological polar surface area (TPSA) is 61.4 Å². The fourth-order valence-corrected chi connectivity index (χ4v) is 2.28. The van der Waals surface area contributed by atoms with E-state index in [1.807, 2.05) is 0 Å². The number of hydrogen-bond donors (Lipinski definition) is 2. The molecule has 5 nitrogen and oxygen atoms in total. The SMILES string of the molecule is O=C(NC1CC1)c1ccc(Cl)c(N2CCNC2=O)c1. The number of carbonyl (C=O) groups excluding carboxylic acids is 2. The van der Waals surface area contributed by atoms with Crippen molar-refractivity contribution >= 4 is 29.2 Å². The molecule has 0 aromatic heterocycles. The van der Waals surface area contributed by atoms with E-state index in [1.54, 1.807) is 23.1 Å². The van der Waals surface area contributed by atoms with Gasteiger partial charge in [0.1, 0.15) is 0 Å². The number of nitrogens with one attached hydrogen (secondary N) is 2. The molecule has 0 unspecified atom stereocenters. The van der Waals surface area contributed by atoms with Crippen LogP contribution in [0.4, 0.5) is 10.5 Å². The van der Waals surface area contributed by atoms with Crippen molar-refractivity contribution in [3.05, 3.63) is 28.8 Å². The molecule has 1 heterocycles. The van der Waals surface area contributed by atoms with Gasteiger partial charge in [0.05, 0.1) is 10.7 Å². The molecule has 2 fully saturated rings. The second-order valence-electron chi connectivity index (χ2n) is 4.80. The van der Waals surface area contributed by atoms with Gasteiger partial charge >= 0.3 is 6.03 Å². The van der Waals surface area contributed by atoms with E-state index in [0.29, 0.717) is 35.4 Å². The van der Waals surface area contributed by atoms with Gasteiger partial charge in [-0.2, -0.15) is 0 Å². The Labute approximate surface area is 115 Å². The molecule has 3 amide bonds. The summed E-state index contributed by atoms with van der Waals surface area (Å²) < 4.78 is 0. The summed E-state index contributed by atoms with van der Waals surface area (Å²) in [5, 5.41) is 6.10. The van der Waals surface area contributed by atoms with Crippen molar-refractivity contribution in [2.24, 2.45) is 0 Å². The van der Waals surface area contributed by atoms with Gasteiger partial charge in [-0.05, 0) is 31.0 Å². The lowest BCUT2D eigenvalue weighted by Gasteiger charge is -2.17. The first-order valence-electron chi connectivity index (χ1n) is 6.31. The lowest BCUT2D eigenvalue weighted by molar-refractivity contribution is 0.0951. The van der Waals surface area contributed by atoms with E-state index in [4.69, 9.17) is 11.6 Å². The highest BCUT2D eigenvalue weighted by Gasteiger charge is 2.26.